The van der Waals surface area contributed by atoms with Gasteiger partial charge in [0, 0.05) is 32.3 Å². The molecule has 2 atom stereocenters. The van der Waals surface area contributed by atoms with Gasteiger partial charge in [0.25, 0.3) is 0 Å². The Kier molecular flexibility index (Phi) is 6.47. The van der Waals surface area contributed by atoms with Crippen molar-refractivity contribution < 1.29 is 9.84 Å². The second kappa shape index (κ2) is 8.80. The molecular formula is C21H30N2O2. The minimum absolute atomic E-state index is 0.170. The maximum atomic E-state index is 9.87. The molecule has 4 heteroatoms. The van der Waals surface area contributed by atoms with Crippen molar-refractivity contribution in [3.63, 3.8) is 0 Å². The molecule has 2 heterocycles. The van der Waals surface area contributed by atoms with E-state index in [1.807, 2.05) is 6.07 Å². The predicted molar refractivity (Wildman–Crippen MR) is 98.1 cm³/mol. The molecule has 0 saturated carbocycles. The largest absolute Gasteiger partial charge is 0.396 e. The molecule has 2 aliphatic rings. The summed E-state index contributed by atoms with van der Waals surface area (Å²) >= 11 is 0. The van der Waals surface area contributed by atoms with E-state index in [2.05, 4.69) is 35.2 Å². The maximum Gasteiger partial charge on any atom is 0.0691 e. The first kappa shape index (κ1) is 18.4. The Balaban J connectivity index is 1.49. The molecule has 136 valence electrons. The lowest BCUT2D eigenvalue weighted by Gasteiger charge is -2.39. The first-order valence-electron chi connectivity index (χ1n) is 9.63. The Morgan fingerprint density at radius 3 is 2.68 bits per heavy atom. The first-order chi connectivity index (χ1) is 12.3. The minimum atomic E-state index is -0.170. The van der Waals surface area contributed by atoms with Gasteiger partial charge in [-0.05, 0) is 56.7 Å². The SMILES string of the molecule is N#CC1(CCCN2CC[C@@H](c3ccccc3)[C@@H](CO)C2)CCOCC1. The molecule has 4 nitrogen and oxygen atoms in total. The molecule has 1 N–H and O–H groups in total. The van der Waals surface area contributed by atoms with Crippen molar-refractivity contribution in [2.24, 2.45) is 11.3 Å². The Hall–Kier alpha value is -1.41. The smallest absolute Gasteiger partial charge is 0.0691 e. The molecule has 2 fully saturated rings. The number of aliphatic hydroxyl groups is 1. The van der Waals surface area contributed by atoms with Crippen molar-refractivity contribution in [3.8, 4) is 6.07 Å². The highest BCUT2D eigenvalue weighted by Gasteiger charge is 2.33. The average molecular weight is 342 g/mol. The molecular weight excluding hydrogens is 312 g/mol. The summed E-state index contributed by atoms with van der Waals surface area (Å²) in [5.74, 6) is 0.771. The van der Waals surface area contributed by atoms with Gasteiger partial charge < -0.3 is 14.7 Å². The Labute approximate surface area is 151 Å². The zero-order chi connectivity index (χ0) is 17.5. The summed E-state index contributed by atoms with van der Waals surface area (Å²) in [6, 6.07) is 13.2. The van der Waals surface area contributed by atoms with Crippen LogP contribution in [0.3, 0.4) is 0 Å². The topological polar surface area (TPSA) is 56.5 Å². The van der Waals surface area contributed by atoms with Crippen molar-refractivity contribution in [1.29, 1.82) is 5.26 Å². The van der Waals surface area contributed by atoms with Gasteiger partial charge in [-0.25, -0.2) is 0 Å². The molecule has 0 aliphatic carbocycles. The summed E-state index contributed by atoms with van der Waals surface area (Å²) in [6.45, 7) is 4.76. The molecule has 0 spiro atoms. The Morgan fingerprint density at radius 2 is 2.00 bits per heavy atom. The van der Waals surface area contributed by atoms with Gasteiger partial charge in [0.05, 0.1) is 11.5 Å². The van der Waals surface area contributed by atoms with Crippen molar-refractivity contribution in [1.82, 2.24) is 4.90 Å². The van der Waals surface area contributed by atoms with Crippen LogP contribution in [0.15, 0.2) is 30.3 Å². The van der Waals surface area contributed by atoms with Gasteiger partial charge in [0.2, 0.25) is 0 Å². The van der Waals surface area contributed by atoms with Crippen LogP contribution in [0.5, 0.6) is 0 Å². The molecule has 0 bridgehead atoms. The lowest BCUT2D eigenvalue weighted by atomic mass is 9.77. The first-order valence-corrected chi connectivity index (χ1v) is 9.63. The quantitative estimate of drug-likeness (QED) is 0.863. The molecule has 3 rings (SSSR count). The Morgan fingerprint density at radius 1 is 1.24 bits per heavy atom. The van der Waals surface area contributed by atoms with Gasteiger partial charge in [-0.2, -0.15) is 5.26 Å². The van der Waals surface area contributed by atoms with Crippen LogP contribution < -0.4 is 0 Å². The third-order valence-corrected chi connectivity index (χ3v) is 6.10. The minimum Gasteiger partial charge on any atom is -0.396 e. The third kappa shape index (κ3) is 4.61. The number of likely N-dealkylation sites (tertiary alicyclic amines) is 1. The number of rotatable bonds is 6. The van der Waals surface area contributed by atoms with Crippen LogP contribution in [-0.2, 0) is 4.74 Å². The van der Waals surface area contributed by atoms with E-state index in [9.17, 15) is 10.4 Å². The molecule has 1 aromatic carbocycles. The summed E-state index contributed by atoms with van der Waals surface area (Å²) in [7, 11) is 0. The van der Waals surface area contributed by atoms with E-state index in [1.165, 1.54) is 5.56 Å². The highest BCUT2D eigenvalue weighted by atomic mass is 16.5. The lowest BCUT2D eigenvalue weighted by Crippen LogP contribution is -2.41. The van der Waals surface area contributed by atoms with Crippen LogP contribution >= 0.6 is 0 Å². The fourth-order valence-corrected chi connectivity index (χ4v) is 4.46. The van der Waals surface area contributed by atoms with Crippen LogP contribution in [0.2, 0.25) is 0 Å². The number of hydrogen-bond acceptors (Lipinski definition) is 4. The van der Waals surface area contributed by atoms with Gasteiger partial charge in [0.1, 0.15) is 0 Å². The highest BCUT2D eigenvalue weighted by Crippen LogP contribution is 2.36. The van der Waals surface area contributed by atoms with Crippen molar-refractivity contribution in [2.45, 2.75) is 38.0 Å². The molecule has 25 heavy (non-hydrogen) atoms. The molecule has 0 amide bonds. The molecule has 0 radical (unpaired) electrons. The second-order valence-electron chi connectivity index (χ2n) is 7.66. The fourth-order valence-electron chi connectivity index (χ4n) is 4.46. The molecule has 1 aromatic rings. The van der Waals surface area contributed by atoms with Crippen LogP contribution in [0.4, 0.5) is 0 Å². The number of nitrogens with zero attached hydrogens (tertiary/aromatic N) is 2. The van der Waals surface area contributed by atoms with Crippen LogP contribution in [0.1, 0.15) is 43.6 Å². The fraction of sp³-hybridized carbons (Fsp3) is 0.667. The predicted octanol–water partition coefficient (Wildman–Crippen LogP) is 3.18. The molecule has 0 aromatic heterocycles. The Bertz CT molecular complexity index is 563. The van der Waals surface area contributed by atoms with E-state index in [-0.39, 0.29) is 12.0 Å². The maximum absolute atomic E-state index is 9.87. The lowest BCUT2D eigenvalue weighted by molar-refractivity contribution is 0.0333. The summed E-state index contributed by atoms with van der Waals surface area (Å²) in [4.78, 5) is 2.48. The monoisotopic (exact) mass is 342 g/mol. The summed E-state index contributed by atoms with van der Waals surface area (Å²) in [5, 5.41) is 19.4. The van der Waals surface area contributed by atoms with Gasteiger partial charge in [-0.15, -0.1) is 0 Å². The normalized spacial score (nSPS) is 26.9. The molecule has 2 saturated heterocycles. The average Bonchev–Trinajstić information content (AvgIpc) is 2.69. The summed E-state index contributed by atoms with van der Waals surface area (Å²) in [6.07, 6.45) is 4.88. The van der Waals surface area contributed by atoms with Crippen LogP contribution in [0.25, 0.3) is 0 Å². The number of piperidine rings is 1. The van der Waals surface area contributed by atoms with Gasteiger partial charge >= 0.3 is 0 Å². The summed E-state index contributed by atoms with van der Waals surface area (Å²) in [5.41, 5.74) is 1.18. The van der Waals surface area contributed by atoms with Gasteiger partial charge in [-0.3, -0.25) is 0 Å². The molecule has 0 unspecified atom stereocenters. The van der Waals surface area contributed by atoms with Crippen molar-refractivity contribution in [2.75, 3.05) is 39.5 Å². The van der Waals surface area contributed by atoms with E-state index < -0.39 is 0 Å². The number of nitriles is 1. The number of hydrogen-bond donors (Lipinski definition) is 1. The number of benzene rings is 1. The van der Waals surface area contributed by atoms with E-state index in [4.69, 9.17) is 4.74 Å². The second-order valence-corrected chi connectivity index (χ2v) is 7.66. The van der Waals surface area contributed by atoms with Crippen molar-refractivity contribution >= 4 is 0 Å². The van der Waals surface area contributed by atoms with E-state index in [0.29, 0.717) is 11.8 Å². The van der Waals surface area contributed by atoms with Gasteiger partial charge in [-0.1, -0.05) is 30.3 Å². The zero-order valence-electron chi connectivity index (χ0n) is 15.1. The van der Waals surface area contributed by atoms with Crippen molar-refractivity contribution in [3.05, 3.63) is 35.9 Å². The standard InChI is InChI=1S/C21H30N2O2/c22-17-21(9-13-25-14-10-21)8-4-11-23-12-7-20(19(15-23)16-24)18-5-2-1-3-6-18/h1-3,5-6,19-20,24H,4,7-16H2/t19-,20+/m1/s1. The summed E-state index contributed by atoms with van der Waals surface area (Å²) < 4.78 is 5.42. The van der Waals surface area contributed by atoms with E-state index in [0.717, 1.165) is 65.0 Å². The highest BCUT2D eigenvalue weighted by molar-refractivity contribution is 5.21. The number of ether oxygens (including phenoxy) is 1. The third-order valence-electron chi connectivity index (χ3n) is 6.10. The van der Waals surface area contributed by atoms with Gasteiger partial charge in [0.15, 0.2) is 0 Å². The molecule has 2 aliphatic heterocycles. The van der Waals surface area contributed by atoms with E-state index in [1.54, 1.807) is 0 Å². The number of aliphatic hydroxyl groups excluding tert-OH is 1. The van der Waals surface area contributed by atoms with Crippen LogP contribution in [0, 0.1) is 22.7 Å². The zero-order valence-corrected chi connectivity index (χ0v) is 15.1. The van der Waals surface area contributed by atoms with Crippen LogP contribution in [-0.4, -0.2) is 49.5 Å². The van der Waals surface area contributed by atoms with E-state index >= 15 is 0 Å².